The number of nitrogens with one attached hydrogen (secondary N) is 1. The van der Waals surface area contributed by atoms with Gasteiger partial charge in [-0.15, -0.1) is 0 Å². The third-order valence-electron chi connectivity index (χ3n) is 3.91. The first-order valence-corrected chi connectivity index (χ1v) is 8.88. The van der Waals surface area contributed by atoms with Crippen LogP contribution in [0.4, 0.5) is 5.69 Å². The summed E-state index contributed by atoms with van der Waals surface area (Å²) in [5.41, 5.74) is 0.669. The number of rotatable bonds is 8. The van der Waals surface area contributed by atoms with Gasteiger partial charge in [-0.3, -0.25) is 19.7 Å². The van der Waals surface area contributed by atoms with Gasteiger partial charge in [-0.1, -0.05) is 23.7 Å². The van der Waals surface area contributed by atoms with E-state index in [4.69, 9.17) is 16.3 Å². The molecule has 2 rings (SSSR count). The van der Waals surface area contributed by atoms with Crippen LogP contribution in [-0.2, 0) is 11.3 Å². The minimum absolute atomic E-state index is 0.0742. The van der Waals surface area contributed by atoms with E-state index < -0.39 is 10.8 Å². The molecule has 0 atom stereocenters. The lowest BCUT2D eigenvalue weighted by atomic mass is 10.2. The lowest BCUT2D eigenvalue weighted by Crippen LogP contribution is -2.38. The minimum atomic E-state index is -0.530. The highest BCUT2D eigenvalue weighted by atomic mass is 35.5. The number of nitrogens with zero attached hydrogens (tertiary/aromatic N) is 2. The molecule has 8 nitrogen and oxygen atoms in total. The molecule has 2 aromatic rings. The standard InChI is InChI=1S/C19H20ClN3O5/c1-3-28-17-7-5-4-6-15(17)19(25)21-11-18(24)22(2)12-13-10-14(23(26)27)8-9-16(13)20/h4-10H,3,11-12H2,1-2H3,(H,21,25). The van der Waals surface area contributed by atoms with E-state index in [0.29, 0.717) is 28.5 Å². The topological polar surface area (TPSA) is 102 Å². The van der Waals surface area contributed by atoms with Crippen LogP contribution in [0.25, 0.3) is 0 Å². The van der Waals surface area contributed by atoms with E-state index in [1.807, 2.05) is 6.92 Å². The van der Waals surface area contributed by atoms with Crippen LogP contribution in [0, 0.1) is 10.1 Å². The molecule has 0 aliphatic heterocycles. The number of para-hydroxylation sites is 1. The first-order chi connectivity index (χ1) is 13.3. The second-order valence-corrected chi connectivity index (χ2v) is 6.30. The Morgan fingerprint density at radius 3 is 2.64 bits per heavy atom. The van der Waals surface area contributed by atoms with Gasteiger partial charge in [0.15, 0.2) is 0 Å². The number of nitro groups is 1. The van der Waals surface area contributed by atoms with Crippen molar-refractivity contribution in [3.05, 3.63) is 68.7 Å². The monoisotopic (exact) mass is 405 g/mol. The lowest BCUT2D eigenvalue weighted by Gasteiger charge is -2.18. The molecular formula is C19H20ClN3O5. The summed E-state index contributed by atoms with van der Waals surface area (Å²) in [6, 6.07) is 10.8. The summed E-state index contributed by atoms with van der Waals surface area (Å²) in [4.78, 5) is 36.4. The van der Waals surface area contributed by atoms with Crippen molar-refractivity contribution in [2.24, 2.45) is 0 Å². The quantitative estimate of drug-likeness (QED) is 0.537. The molecule has 0 saturated carbocycles. The first-order valence-electron chi connectivity index (χ1n) is 8.50. The Hall–Kier alpha value is -3.13. The highest BCUT2D eigenvalue weighted by Gasteiger charge is 2.17. The summed E-state index contributed by atoms with van der Waals surface area (Å²) < 4.78 is 5.41. The molecule has 1 N–H and O–H groups in total. The molecule has 2 amide bonds. The van der Waals surface area contributed by atoms with Gasteiger partial charge < -0.3 is 15.0 Å². The second kappa shape index (κ2) is 9.70. The predicted octanol–water partition coefficient (Wildman–Crippen LogP) is 3.04. The molecule has 0 aliphatic carbocycles. The number of ether oxygens (including phenoxy) is 1. The maximum Gasteiger partial charge on any atom is 0.269 e. The van der Waals surface area contributed by atoms with Gasteiger partial charge in [-0.05, 0) is 30.7 Å². The van der Waals surface area contributed by atoms with E-state index in [-0.39, 0.29) is 24.7 Å². The van der Waals surface area contributed by atoms with Crippen molar-refractivity contribution >= 4 is 29.1 Å². The van der Waals surface area contributed by atoms with Crippen LogP contribution in [0.3, 0.4) is 0 Å². The number of nitro benzene ring substituents is 1. The van der Waals surface area contributed by atoms with Gasteiger partial charge >= 0.3 is 0 Å². The van der Waals surface area contributed by atoms with E-state index in [2.05, 4.69) is 5.32 Å². The van der Waals surface area contributed by atoms with Crippen molar-refractivity contribution in [3.63, 3.8) is 0 Å². The number of benzene rings is 2. The molecule has 0 bridgehead atoms. The van der Waals surface area contributed by atoms with Gasteiger partial charge in [0.2, 0.25) is 5.91 Å². The van der Waals surface area contributed by atoms with E-state index in [0.717, 1.165) is 0 Å². The molecular weight excluding hydrogens is 386 g/mol. The summed E-state index contributed by atoms with van der Waals surface area (Å²) in [7, 11) is 1.53. The Labute approximate surface area is 167 Å². The van der Waals surface area contributed by atoms with Crippen LogP contribution in [0.1, 0.15) is 22.8 Å². The number of non-ortho nitro benzene ring substituents is 1. The lowest BCUT2D eigenvalue weighted by molar-refractivity contribution is -0.384. The smallest absolute Gasteiger partial charge is 0.269 e. The van der Waals surface area contributed by atoms with E-state index in [1.165, 1.54) is 30.1 Å². The summed E-state index contributed by atoms with van der Waals surface area (Å²) in [5, 5.41) is 13.8. The third-order valence-corrected chi connectivity index (χ3v) is 4.27. The number of hydrogen-bond donors (Lipinski definition) is 1. The fourth-order valence-electron chi connectivity index (χ4n) is 2.46. The van der Waals surface area contributed by atoms with Gasteiger partial charge in [0.1, 0.15) is 5.75 Å². The molecule has 9 heteroatoms. The van der Waals surface area contributed by atoms with Gasteiger partial charge in [0.25, 0.3) is 11.6 Å². The Morgan fingerprint density at radius 2 is 1.96 bits per heavy atom. The van der Waals surface area contributed by atoms with Crippen molar-refractivity contribution in [2.75, 3.05) is 20.2 Å². The van der Waals surface area contributed by atoms with E-state index in [9.17, 15) is 19.7 Å². The molecule has 148 valence electrons. The Bertz CT molecular complexity index is 888. The number of hydrogen-bond acceptors (Lipinski definition) is 5. The third kappa shape index (κ3) is 5.43. The van der Waals surface area contributed by atoms with Crippen molar-refractivity contribution in [3.8, 4) is 5.75 Å². The van der Waals surface area contributed by atoms with E-state index >= 15 is 0 Å². The summed E-state index contributed by atoms with van der Waals surface area (Å²) in [6.45, 7) is 2.06. The van der Waals surface area contributed by atoms with Crippen molar-refractivity contribution in [1.82, 2.24) is 10.2 Å². The zero-order valence-electron chi connectivity index (χ0n) is 15.5. The molecule has 0 unspecified atom stereocenters. The number of carbonyl (C=O) groups is 2. The van der Waals surface area contributed by atoms with Crippen LogP contribution in [0.5, 0.6) is 5.75 Å². The minimum Gasteiger partial charge on any atom is -0.493 e. The molecule has 0 fully saturated rings. The van der Waals surface area contributed by atoms with Gasteiger partial charge in [-0.2, -0.15) is 0 Å². The van der Waals surface area contributed by atoms with Crippen molar-refractivity contribution in [1.29, 1.82) is 0 Å². The Balaban J connectivity index is 1.99. The average molecular weight is 406 g/mol. The number of carbonyl (C=O) groups excluding carboxylic acids is 2. The van der Waals surface area contributed by atoms with Crippen LogP contribution >= 0.6 is 11.6 Å². The molecule has 2 aromatic carbocycles. The average Bonchev–Trinajstić information content (AvgIpc) is 2.67. The molecule has 0 radical (unpaired) electrons. The fraction of sp³-hybridized carbons (Fsp3) is 0.263. The van der Waals surface area contributed by atoms with Crippen LogP contribution in [0.15, 0.2) is 42.5 Å². The number of halogens is 1. The number of amides is 2. The van der Waals surface area contributed by atoms with Gasteiger partial charge in [-0.25, -0.2) is 0 Å². The highest BCUT2D eigenvalue weighted by Crippen LogP contribution is 2.23. The predicted molar refractivity (Wildman–Crippen MR) is 105 cm³/mol. The fourth-order valence-corrected chi connectivity index (χ4v) is 2.64. The normalized spacial score (nSPS) is 10.2. The number of likely N-dealkylation sites (N-methyl/N-ethyl adjacent to an activating group) is 1. The van der Waals surface area contributed by atoms with Gasteiger partial charge in [0.05, 0.1) is 23.6 Å². The summed E-state index contributed by atoms with van der Waals surface area (Å²) in [5.74, 6) is -0.365. The summed E-state index contributed by atoms with van der Waals surface area (Å²) >= 11 is 6.06. The molecule has 0 aliphatic rings. The SMILES string of the molecule is CCOc1ccccc1C(=O)NCC(=O)N(C)Cc1cc([N+](=O)[O-])ccc1Cl. The largest absolute Gasteiger partial charge is 0.493 e. The van der Waals surface area contributed by atoms with E-state index in [1.54, 1.807) is 24.3 Å². The summed E-state index contributed by atoms with van der Waals surface area (Å²) in [6.07, 6.45) is 0. The Kier molecular flexibility index (Phi) is 7.34. The van der Waals surface area contributed by atoms with Gasteiger partial charge in [0, 0.05) is 30.7 Å². The van der Waals surface area contributed by atoms with Crippen molar-refractivity contribution < 1.29 is 19.2 Å². The molecule has 0 saturated heterocycles. The zero-order valence-corrected chi connectivity index (χ0v) is 16.2. The zero-order chi connectivity index (χ0) is 20.7. The Morgan fingerprint density at radius 1 is 1.25 bits per heavy atom. The highest BCUT2D eigenvalue weighted by molar-refractivity contribution is 6.31. The maximum absolute atomic E-state index is 12.3. The molecule has 0 spiro atoms. The van der Waals surface area contributed by atoms with Crippen LogP contribution < -0.4 is 10.1 Å². The maximum atomic E-state index is 12.3. The van der Waals surface area contributed by atoms with Crippen LogP contribution in [0.2, 0.25) is 5.02 Å². The molecule has 0 aromatic heterocycles. The molecule has 0 heterocycles. The molecule has 28 heavy (non-hydrogen) atoms. The second-order valence-electron chi connectivity index (χ2n) is 5.89. The van der Waals surface area contributed by atoms with Crippen LogP contribution in [-0.4, -0.2) is 41.8 Å². The first kappa shape index (κ1) is 21.2. The van der Waals surface area contributed by atoms with Crippen molar-refractivity contribution in [2.45, 2.75) is 13.5 Å².